The summed E-state index contributed by atoms with van der Waals surface area (Å²) >= 11 is 0. The fourth-order valence-electron chi connectivity index (χ4n) is 0.964. The van der Waals surface area contributed by atoms with Gasteiger partial charge in [-0.2, -0.15) is 5.48 Å². The normalized spacial score (nSPS) is 11.5. The molecule has 0 aliphatic carbocycles. The van der Waals surface area contributed by atoms with Crippen molar-refractivity contribution in [2.24, 2.45) is 0 Å². The molecular weight excluding hydrogens is 211 g/mol. The number of halogens is 3. The van der Waals surface area contributed by atoms with Gasteiger partial charge in [0.05, 0.1) is 7.11 Å². The van der Waals surface area contributed by atoms with Gasteiger partial charge < -0.3 is 9.57 Å². The molecule has 0 aliphatic rings. The van der Waals surface area contributed by atoms with Crippen LogP contribution in [0.5, 0.6) is 5.75 Å². The van der Waals surface area contributed by atoms with E-state index in [1.54, 1.807) is 0 Å². The number of hydroxylamine groups is 1. The van der Waals surface area contributed by atoms with E-state index in [4.69, 9.17) is 0 Å². The molecule has 0 aromatic heterocycles. The lowest BCUT2D eigenvalue weighted by Crippen LogP contribution is -2.17. The minimum absolute atomic E-state index is 0.233. The van der Waals surface area contributed by atoms with E-state index >= 15 is 0 Å². The number of hydrogen-bond acceptors (Lipinski definition) is 3. The van der Waals surface area contributed by atoms with E-state index in [0.29, 0.717) is 6.54 Å². The molecule has 1 aromatic carbocycles. The Hall–Kier alpha value is -1.27. The first-order valence-corrected chi connectivity index (χ1v) is 4.12. The zero-order chi connectivity index (χ0) is 11.3. The largest absolute Gasteiger partial charge is 0.573 e. The maximum absolute atomic E-state index is 11.8. The molecule has 0 saturated carbocycles. The monoisotopic (exact) mass is 221 g/mol. The Balaban J connectivity index is 2.56. The number of rotatable bonds is 4. The zero-order valence-electron chi connectivity index (χ0n) is 7.97. The lowest BCUT2D eigenvalue weighted by atomic mass is 10.2. The topological polar surface area (TPSA) is 30.5 Å². The molecule has 0 aliphatic heterocycles. The average Bonchev–Trinajstić information content (AvgIpc) is 2.14. The van der Waals surface area contributed by atoms with Crippen LogP contribution in [0.15, 0.2) is 24.3 Å². The van der Waals surface area contributed by atoms with Gasteiger partial charge in [-0.3, -0.25) is 0 Å². The Morgan fingerprint density at radius 3 is 2.27 bits per heavy atom. The molecule has 0 unspecified atom stereocenters. The molecule has 0 fully saturated rings. The van der Waals surface area contributed by atoms with E-state index in [-0.39, 0.29) is 5.75 Å². The first kappa shape index (κ1) is 11.8. The number of nitrogens with one attached hydrogen (secondary N) is 1. The summed E-state index contributed by atoms with van der Waals surface area (Å²) in [5, 5.41) is 0. The third-order valence-electron chi connectivity index (χ3n) is 1.58. The van der Waals surface area contributed by atoms with Crippen LogP contribution in [0.2, 0.25) is 0 Å². The van der Waals surface area contributed by atoms with Gasteiger partial charge in [0, 0.05) is 6.54 Å². The maximum atomic E-state index is 11.8. The van der Waals surface area contributed by atoms with Crippen molar-refractivity contribution in [1.82, 2.24) is 5.48 Å². The van der Waals surface area contributed by atoms with Gasteiger partial charge in [0.15, 0.2) is 0 Å². The van der Waals surface area contributed by atoms with Crippen LogP contribution >= 0.6 is 0 Å². The molecule has 3 nitrogen and oxygen atoms in total. The first-order valence-electron chi connectivity index (χ1n) is 4.12. The highest BCUT2D eigenvalue weighted by Gasteiger charge is 2.30. The zero-order valence-corrected chi connectivity index (χ0v) is 7.97. The van der Waals surface area contributed by atoms with Crippen molar-refractivity contribution in [3.8, 4) is 5.75 Å². The average molecular weight is 221 g/mol. The van der Waals surface area contributed by atoms with Gasteiger partial charge in [-0.05, 0) is 17.7 Å². The van der Waals surface area contributed by atoms with Crippen LogP contribution in [-0.4, -0.2) is 13.5 Å². The van der Waals surface area contributed by atoms with Crippen molar-refractivity contribution in [2.75, 3.05) is 7.11 Å². The SMILES string of the molecule is CONCc1ccc(OC(F)(F)F)cc1. The third kappa shape index (κ3) is 4.66. The summed E-state index contributed by atoms with van der Waals surface area (Å²) in [5.74, 6) is -0.233. The highest BCUT2D eigenvalue weighted by Crippen LogP contribution is 2.22. The Bertz CT molecular complexity index is 297. The smallest absolute Gasteiger partial charge is 0.406 e. The quantitative estimate of drug-likeness (QED) is 0.791. The second kappa shape index (κ2) is 4.99. The second-order valence-electron chi connectivity index (χ2n) is 2.72. The summed E-state index contributed by atoms with van der Waals surface area (Å²) in [6, 6.07) is 5.54. The van der Waals surface area contributed by atoms with Crippen LogP contribution in [0.1, 0.15) is 5.56 Å². The minimum atomic E-state index is -4.65. The molecule has 0 saturated heterocycles. The molecule has 0 spiro atoms. The van der Waals surface area contributed by atoms with Crippen LogP contribution in [-0.2, 0) is 11.4 Å². The van der Waals surface area contributed by atoms with Crippen molar-refractivity contribution in [3.63, 3.8) is 0 Å². The van der Waals surface area contributed by atoms with Gasteiger partial charge in [-0.1, -0.05) is 12.1 Å². The molecule has 0 atom stereocenters. The number of alkyl halides is 3. The predicted octanol–water partition coefficient (Wildman–Crippen LogP) is 2.24. The molecule has 15 heavy (non-hydrogen) atoms. The molecule has 0 heterocycles. The third-order valence-corrected chi connectivity index (χ3v) is 1.58. The summed E-state index contributed by atoms with van der Waals surface area (Å²) < 4.78 is 39.1. The van der Waals surface area contributed by atoms with Gasteiger partial charge in [0.1, 0.15) is 5.75 Å². The maximum Gasteiger partial charge on any atom is 0.573 e. The van der Waals surface area contributed by atoms with Crippen LogP contribution in [0.25, 0.3) is 0 Å². The Labute approximate surface area is 84.8 Å². The van der Waals surface area contributed by atoms with Crippen LogP contribution < -0.4 is 10.2 Å². The number of benzene rings is 1. The van der Waals surface area contributed by atoms with E-state index in [1.165, 1.54) is 31.4 Å². The van der Waals surface area contributed by atoms with E-state index < -0.39 is 6.36 Å². The van der Waals surface area contributed by atoms with E-state index in [1.807, 2.05) is 0 Å². The second-order valence-corrected chi connectivity index (χ2v) is 2.72. The highest BCUT2D eigenvalue weighted by molar-refractivity contribution is 5.27. The highest BCUT2D eigenvalue weighted by atomic mass is 19.4. The van der Waals surface area contributed by atoms with E-state index in [9.17, 15) is 13.2 Å². The van der Waals surface area contributed by atoms with Crippen LogP contribution in [0, 0.1) is 0 Å². The fraction of sp³-hybridized carbons (Fsp3) is 0.333. The Kier molecular flexibility index (Phi) is 3.93. The molecular formula is C9H10F3NO2. The summed E-state index contributed by atoms with van der Waals surface area (Å²) in [7, 11) is 1.46. The summed E-state index contributed by atoms with van der Waals surface area (Å²) in [5.41, 5.74) is 3.37. The van der Waals surface area contributed by atoms with Crippen LogP contribution in [0.3, 0.4) is 0 Å². The van der Waals surface area contributed by atoms with Crippen molar-refractivity contribution < 1.29 is 22.7 Å². The number of ether oxygens (including phenoxy) is 1. The molecule has 6 heteroatoms. The van der Waals surface area contributed by atoms with Gasteiger partial charge in [-0.25, -0.2) is 0 Å². The fourth-order valence-corrected chi connectivity index (χ4v) is 0.964. The summed E-state index contributed by atoms with van der Waals surface area (Å²) in [6.07, 6.45) is -4.65. The van der Waals surface area contributed by atoms with Crippen molar-refractivity contribution in [1.29, 1.82) is 0 Å². The molecule has 0 radical (unpaired) electrons. The van der Waals surface area contributed by atoms with Crippen molar-refractivity contribution in [3.05, 3.63) is 29.8 Å². The summed E-state index contributed by atoms with van der Waals surface area (Å²) in [4.78, 5) is 4.60. The van der Waals surface area contributed by atoms with Gasteiger partial charge in [0.25, 0.3) is 0 Å². The van der Waals surface area contributed by atoms with Gasteiger partial charge in [-0.15, -0.1) is 13.2 Å². The van der Waals surface area contributed by atoms with Gasteiger partial charge >= 0.3 is 6.36 Å². The molecule has 1 N–H and O–H groups in total. The summed E-state index contributed by atoms with van der Waals surface area (Å²) in [6.45, 7) is 0.419. The van der Waals surface area contributed by atoms with Gasteiger partial charge in [0.2, 0.25) is 0 Å². The predicted molar refractivity (Wildman–Crippen MR) is 47.0 cm³/mol. The molecule has 1 aromatic rings. The molecule has 0 amide bonds. The minimum Gasteiger partial charge on any atom is -0.406 e. The Morgan fingerprint density at radius 2 is 1.80 bits per heavy atom. The lowest BCUT2D eigenvalue weighted by molar-refractivity contribution is -0.274. The Morgan fingerprint density at radius 1 is 1.20 bits per heavy atom. The van der Waals surface area contributed by atoms with Crippen LogP contribution in [0.4, 0.5) is 13.2 Å². The first-order chi connectivity index (χ1) is 7.01. The molecule has 1 rings (SSSR count). The number of hydrogen-bond donors (Lipinski definition) is 1. The van der Waals surface area contributed by atoms with E-state index in [0.717, 1.165) is 5.56 Å². The van der Waals surface area contributed by atoms with Crippen molar-refractivity contribution >= 4 is 0 Å². The molecule has 84 valence electrons. The molecule has 0 bridgehead atoms. The lowest BCUT2D eigenvalue weighted by Gasteiger charge is -2.09. The van der Waals surface area contributed by atoms with E-state index in [2.05, 4.69) is 15.1 Å². The van der Waals surface area contributed by atoms with Crippen molar-refractivity contribution in [2.45, 2.75) is 12.9 Å². The standard InChI is InChI=1S/C9H10F3NO2/c1-14-13-6-7-2-4-8(5-3-7)15-9(10,11)12/h2-5,13H,6H2,1H3.